The molecule has 118 valence electrons. The van der Waals surface area contributed by atoms with Crippen LogP contribution in [0.1, 0.15) is 11.1 Å². The summed E-state index contributed by atoms with van der Waals surface area (Å²) in [6.07, 6.45) is 0. The zero-order valence-corrected chi connectivity index (χ0v) is 14.1. The van der Waals surface area contributed by atoms with Crippen LogP contribution in [0.25, 0.3) is 11.4 Å². The number of ether oxygens (including phenoxy) is 1. The van der Waals surface area contributed by atoms with E-state index in [2.05, 4.69) is 41.2 Å². The van der Waals surface area contributed by atoms with Crippen molar-refractivity contribution in [1.29, 1.82) is 0 Å². The normalized spacial score (nSPS) is 10.7. The van der Waals surface area contributed by atoms with Crippen molar-refractivity contribution < 1.29 is 4.74 Å². The van der Waals surface area contributed by atoms with E-state index >= 15 is 0 Å². The smallest absolute Gasteiger partial charge is 0.208 e. The summed E-state index contributed by atoms with van der Waals surface area (Å²) in [5, 5.41) is 7.97. The first-order chi connectivity index (χ1) is 11.2. The molecule has 1 N–H and O–H groups in total. The van der Waals surface area contributed by atoms with Gasteiger partial charge in [-0.1, -0.05) is 59.3 Å². The lowest BCUT2D eigenvalue weighted by Gasteiger charge is -2.04. The molecule has 1 heterocycles. The Kier molecular flexibility index (Phi) is 4.98. The van der Waals surface area contributed by atoms with Crippen LogP contribution >= 0.6 is 11.8 Å². The maximum atomic E-state index is 5.70. The Balaban J connectivity index is 1.49. The maximum Gasteiger partial charge on any atom is 0.208 e. The van der Waals surface area contributed by atoms with Gasteiger partial charge in [0.15, 0.2) is 5.82 Å². The first-order valence-electron chi connectivity index (χ1n) is 7.52. The monoisotopic (exact) mass is 325 g/mol. The number of thioether (sulfide) groups is 1. The van der Waals surface area contributed by atoms with Crippen LogP contribution < -0.4 is 4.74 Å². The number of hydrogen-bond donors (Lipinski definition) is 1. The van der Waals surface area contributed by atoms with Crippen LogP contribution in [0.15, 0.2) is 53.7 Å². The van der Waals surface area contributed by atoms with Crippen molar-refractivity contribution in [2.75, 3.05) is 12.4 Å². The summed E-state index contributed by atoms with van der Waals surface area (Å²) >= 11 is 1.58. The van der Waals surface area contributed by atoms with Crippen LogP contribution in [0.5, 0.6) is 5.75 Å². The highest BCUT2D eigenvalue weighted by atomic mass is 32.2. The van der Waals surface area contributed by atoms with Crippen LogP contribution in [0.4, 0.5) is 0 Å². The third kappa shape index (κ3) is 4.36. The second-order valence-corrected chi connectivity index (χ2v) is 6.40. The van der Waals surface area contributed by atoms with E-state index in [-0.39, 0.29) is 0 Å². The first-order valence-corrected chi connectivity index (χ1v) is 8.51. The van der Waals surface area contributed by atoms with Gasteiger partial charge in [-0.3, -0.25) is 5.10 Å². The summed E-state index contributed by atoms with van der Waals surface area (Å²) in [6, 6.07) is 16.3. The minimum Gasteiger partial charge on any atom is -0.493 e. The molecule has 1 aromatic heterocycles. The molecule has 0 aliphatic heterocycles. The third-order valence-corrected chi connectivity index (χ3v) is 4.21. The van der Waals surface area contributed by atoms with Crippen molar-refractivity contribution in [3.05, 3.63) is 59.7 Å². The van der Waals surface area contributed by atoms with E-state index in [0.717, 1.165) is 28.0 Å². The van der Waals surface area contributed by atoms with Gasteiger partial charge in [0.2, 0.25) is 5.16 Å². The van der Waals surface area contributed by atoms with Gasteiger partial charge < -0.3 is 4.74 Å². The van der Waals surface area contributed by atoms with E-state index in [0.29, 0.717) is 6.61 Å². The number of aryl methyl sites for hydroxylation is 2. The number of rotatable bonds is 6. The Morgan fingerprint density at radius 2 is 1.61 bits per heavy atom. The van der Waals surface area contributed by atoms with E-state index in [1.807, 2.05) is 36.4 Å². The van der Waals surface area contributed by atoms with Crippen molar-refractivity contribution in [2.45, 2.75) is 19.0 Å². The highest BCUT2D eigenvalue weighted by Gasteiger charge is 2.06. The van der Waals surface area contributed by atoms with Gasteiger partial charge in [-0.2, -0.15) is 0 Å². The largest absolute Gasteiger partial charge is 0.493 e. The van der Waals surface area contributed by atoms with Crippen LogP contribution in [0.2, 0.25) is 0 Å². The summed E-state index contributed by atoms with van der Waals surface area (Å²) < 4.78 is 5.70. The highest BCUT2D eigenvalue weighted by Crippen LogP contribution is 2.20. The van der Waals surface area contributed by atoms with Gasteiger partial charge in [-0.05, 0) is 26.0 Å². The Bertz CT molecular complexity index is 751. The molecule has 0 radical (unpaired) electrons. The molecule has 0 aliphatic carbocycles. The summed E-state index contributed by atoms with van der Waals surface area (Å²) in [5.41, 5.74) is 3.51. The fourth-order valence-corrected chi connectivity index (χ4v) is 2.69. The van der Waals surface area contributed by atoms with Crippen LogP contribution in [0, 0.1) is 13.8 Å². The Hall–Kier alpha value is -2.27. The van der Waals surface area contributed by atoms with Gasteiger partial charge in [-0.15, -0.1) is 5.10 Å². The molecule has 5 heteroatoms. The molecule has 0 bridgehead atoms. The molecular formula is C18H19N3OS. The molecule has 3 aromatic rings. The van der Waals surface area contributed by atoms with Gasteiger partial charge in [0.25, 0.3) is 0 Å². The first kappa shape index (κ1) is 15.6. The summed E-state index contributed by atoms with van der Waals surface area (Å²) in [5.74, 6) is 2.50. The standard InChI is InChI=1S/C18H19N3OS/c1-13-3-7-15(8-4-13)17-19-18(21-20-17)23-12-11-22-16-9-5-14(2)6-10-16/h3-10H,11-12H2,1-2H3,(H,19,20,21). The maximum absolute atomic E-state index is 5.70. The molecule has 0 atom stereocenters. The Morgan fingerprint density at radius 1 is 0.957 bits per heavy atom. The molecule has 23 heavy (non-hydrogen) atoms. The molecule has 0 saturated heterocycles. The van der Waals surface area contributed by atoms with Crippen molar-refractivity contribution in [2.24, 2.45) is 0 Å². The fraction of sp³-hybridized carbons (Fsp3) is 0.222. The van der Waals surface area contributed by atoms with Crippen molar-refractivity contribution in [3.8, 4) is 17.1 Å². The lowest BCUT2D eigenvalue weighted by atomic mass is 10.1. The van der Waals surface area contributed by atoms with Gasteiger partial charge in [0.05, 0.1) is 6.61 Å². The van der Waals surface area contributed by atoms with Crippen LogP contribution in [0.3, 0.4) is 0 Å². The number of benzene rings is 2. The van der Waals surface area contributed by atoms with Gasteiger partial charge in [0.1, 0.15) is 5.75 Å². The van der Waals surface area contributed by atoms with Gasteiger partial charge in [0, 0.05) is 11.3 Å². The molecule has 3 rings (SSSR count). The average Bonchev–Trinajstić information content (AvgIpc) is 3.03. The van der Waals surface area contributed by atoms with E-state index in [9.17, 15) is 0 Å². The minimum absolute atomic E-state index is 0.627. The Morgan fingerprint density at radius 3 is 2.30 bits per heavy atom. The number of aromatic nitrogens is 3. The predicted octanol–water partition coefficient (Wildman–Crippen LogP) is 4.26. The number of H-pyrrole nitrogens is 1. The SMILES string of the molecule is Cc1ccc(OCCSc2n[nH]c(-c3ccc(C)cc3)n2)cc1. The second kappa shape index (κ2) is 7.33. The molecule has 0 fully saturated rings. The zero-order chi connectivity index (χ0) is 16.1. The van der Waals surface area contributed by atoms with Gasteiger partial charge >= 0.3 is 0 Å². The molecule has 0 spiro atoms. The molecule has 2 aromatic carbocycles. The number of nitrogens with zero attached hydrogens (tertiary/aromatic N) is 2. The van der Waals surface area contributed by atoms with Gasteiger partial charge in [-0.25, -0.2) is 4.98 Å². The number of aromatic amines is 1. The lowest BCUT2D eigenvalue weighted by molar-refractivity contribution is 0.344. The summed E-state index contributed by atoms with van der Waals surface area (Å²) in [4.78, 5) is 4.51. The summed E-state index contributed by atoms with van der Waals surface area (Å²) in [6.45, 7) is 4.76. The zero-order valence-electron chi connectivity index (χ0n) is 13.2. The number of hydrogen-bond acceptors (Lipinski definition) is 4. The van der Waals surface area contributed by atoms with Crippen molar-refractivity contribution in [1.82, 2.24) is 15.2 Å². The molecule has 0 saturated carbocycles. The van der Waals surface area contributed by atoms with Crippen LogP contribution in [-0.2, 0) is 0 Å². The third-order valence-electron chi connectivity index (χ3n) is 3.39. The van der Waals surface area contributed by atoms with Crippen LogP contribution in [-0.4, -0.2) is 27.5 Å². The number of nitrogens with one attached hydrogen (secondary N) is 1. The minimum atomic E-state index is 0.627. The second-order valence-electron chi connectivity index (χ2n) is 5.34. The molecular weight excluding hydrogens is 306 g/mol. The fourth-order valence-electron chi connectivity index (χ4n) is 2.08. The highest BCUT2D eigenvalue weighted by molar-refractivity contribution is 7.99. The van der Waals surface area contributed by atoms with Crippen molar-refractivity contribution in [3.63, 3.8) is 0 Å². The van der Waals surface area contributed by atoms with E-state index in [4.69, 9.17) is 4.74 Å². The lowest BCUT2D eigenvalue weighted by Crippen LogP contribution is -2.00. The molecule has 0 amide bonds. The molecule has 0 unspecified atom stereocenters. The topological polar surface area (TPSA) is 50.8 Å². The van der Waals surface area contributed by atoms with E-state index in [1.165, 1.54) is 11.1 Å². The predicted molar refractivity (Wildman–Crippen MR) is 94.0 cm³/mol. The van der Waals surface area contributed by atoms with Crippen molar-refractivity contribution >= 4 is 11.8 Å². The average molecular weight is 325 g/mol. The molecule has 4 nitrogen and oxygen atoms in total. The quantitative estimate of drug-likeness (QED) is 0.543. The van der Waals surface area contributed by atoms with E-state index in [1.54, 1.807) is 11.8 Å². The van der Waals surface area contributed by atoms with E-state index < -0.39 is 0 Å². The molecule has 0 aliphatic rings. The summed E-state index contributed by atoms with van der Waals surface area (Å²) in [7, 11) is 0. The Labute approximate surface area is 140 Å².